The summed E-state index contributed by atoms with van der Waals surface area (Å²) in [5.74, 6) is 0.368. The number of hydrogen-bond donors (Lipinski definition) is 2. The summed E-state index contributed by atoms with van der Waals surface area (Å²) in [4.78, 5) is 16.3. The molecule has 5 nitrogen and oxygen atoms in total. The van der Waals surface area contributed by atoms with Crippen LogP contribution in [0.25, 0.3) is 0 Å². The Hall–Kier alpha value is -1.79. The van der Waals surface area contributed by atoms with Crippen molar-refractivity contribution in [1.82, 2.24) is 10.3 Å². The van der Waals surface area contributed by atoms with Crippen molar-refractivity contribution in [2.24, 2.45) is 0 Å². The highest BCUT2D eigenvalue weighted by Crippen LogP contribution is 2.21. The number of nitrogens with one attached hydrogen (secondary N) is 1. The van der Waals surface area contributed by atoms with Gasteiger partial charge in [-0.2, -0.15) is 0 Å². The van der Waals surface area contributed by atoms with Crippen LogP contribution in [0.15, 0.2) is 52.2 Å². The second-order valence-corrected chi connectivity index (χ2v) is 5.55. The minimum Gasteiger partial charge on any atom is -0.467 e. The van der Waals surface area contributed by atoms with Crippen molar-refractivity contribution in [1.29, 1.82) is 0 Å². The first-order valence-electron chi connectivity index (χ1n) is 6.23. The minimum atomic E-state index is -0.524. The van der Waals surface area contributed by atoms with E-state index < -0.39 is 6.04 Å². The Balaban J connectivity index is 1.93. The van der Waals surface area contributed by atoms with E-state index in [0.29, 0.717) is 5.76 Å². The lowest BCUT2D eigenvalue weighted by Gasteiger charge is -2.17. The van der Waals surface area contributed by atoms with Crippen LogP contribution in [-0.4, -0.2) is 27.9 Å². The lowest BCUT2D eigenvalue weighted by molar-refractivity contribution is -0.121. The lowest BCUT2D eigenvalue weighted by Crippen LogP contribution is -2.35. The van der Waals surface area contributed by atoms with E-state index in [4.69, 9.17) is 4.42 Å². The second kappa shape index (κ2) is 7.12. The summed E-state index contributed by atoms with van der Waals surface area (Å²) < 4.78 is 5.19. The zero-order valence-electron chi connectivity index (χ0n) is 11.0. The topological polar surface area (TPSA) is 75.4 Å². The molecule has 1 amide bonds. The molecule has 0 fully saturated rings. The van der Waals surface area contributed by atoms with Crippen molar-refractivity contribution in [3.63, 3.8) is 0 Å². The molecule has 0 radical (unpaired) electrons. The molecule has 2 atom stereocenters. The number of thioether (sulfide) groups is 1. The predicted molar refractivity (Wildman–Crippen MR) is 76.2 cm³/mol. The molecule has 20 heavy (non-hydrogen) atoms. The summed E-state index contributed by atoms with van der Waals surface area (Å²) in [5.41, 5.74) is 0. The Morgan fingerprint density at radius 2 is 2.30 bits per heavy atom. The molecule has 0 aromatic carbocycles. The smallest absolute Gasteiger partial charge is 0.233 e. The molecular weight excluding hydrogens is 276 g/mol. The highest BCUT2D eigenvalue weighted by molar-refractivity contribution is 8.00. The van der Waals surface area contributed by atoms with Crippen LogP contribution >= 0.6 is 11.8 Å². The quantitative estimate of drug-likeness (QED) is 0.797. The van der Waals surface area contributed by atoms with Crippen molar-refractivity contribution in [2.45, 2.75) is 23.2 Å². The number of aliphatic hydroxyl groups is 1. The van der Waals surface area contributed by atoms with E-state index >= 15 is 0 Å². The van der Waals surface area contributed by atoms with Crippen molar-refractivity contribution < 1.29 is 14.3 Å². The molecule has 0 aliphatic rings. The summed E-state index contributed by atoms with van der Waals surface area (Å²) in [6.07, 6.45) is 3.20. The average molecular weight is 292 g/mol. The van der Waals surface area contributed by atoms with E-state index in [1.807, 2.05) is 18.2 Å². The van der Waals surface area contributed by atoms with Gasteiger partial charge >= 0.3 is 0 Å². The molecule has 0 spiro atoms. The molecule has 2 N–H and O–H groups in total. The summed E-state index contributed by atoms with van der Waals surface area (Å²) in [6.45, 7) is 1.59. The van der Waals surface area contributed by atoms with Crippen molar-refractivity contribution >= 4 is 17.7 Å². The zero-order valence-corrected chi connectivity index (χ0v) is 11.8. The number of nitrogens with zero attached hydrogens (tertiary/aromatic N) is 1. The van der Waals surface area contributed by atoms with Gasteiger partial charge in [0.25, 0.3) is 0 Å². The zero-order chi connectivity index (χ0) is 14.4. The third kappa shape index (κ3) is 3.85. The van der Waals surface area contributed by atoms with Crippen molar-refractivity contribution in [3.05, 3.63) is 48.6 Å². The molecule has 0 saturated heterocycles. The maximum Gasteiger partial charge on any atom is 0.233 e. The van der Waals surface area contributed by atoms with E-state index in [2.05, 4.69) is 10.3 Å². The van der Waals surface area contributed by atoms with E-state index in [0.717, 1.165) is 5.03 Å². The second-order valence-electron chi connectivity index (χ2n) is 4.19. The van der Waals surface area contributed by atoms with Crippen LogP contribution < -0.4 is 5.32 Å². The SMILES string of the molecule is CC(Sc1ccccn1)C(=O)NC(CO)c1ccco1. The van der Waals surface area contributed by atoms with Gasteiger partial charge in [0.2, 0.25) is 5.91 Å². The third-order valence-corrected chi connectivity index (χ3v) is 3.74. The maximum atomic E-state index is 12.1. The highest BCUT2D eigenvalue weighted by Gasteiger charge is 2.21. The Labute approximate surface area is 121 Å². The summed E-state index contributed by atoms with van der Waals surface area (Å²) in [7, 11) is 0. The van der Waals surface area contributed by atoms with Crippen LogP contribution in [0.3, 0.4) is 0 Å². The van der Waals surface area contributed by atoms with Gasteiger partial charge in [-0.1, -0.05) is 17.8 Å². The van der Waals surface area contributed by atoms with Crippen LogP contribution in [0, 0.1) is 0 Å². The summed E-state index contributed by atoms with van der Waals surface area (Å²) >= 11 is 1.37. The normalized spacial score (nSPS) is 13.7. The molecule has 6 heteroatoms. The predicted octanol–water partition coefficient (Wildman–Crippen LogP) is 2.00. The van der Waals surface area contributed by atoms with Gasteiger partial charge in [0.15, 0.2) is 0 Å². The van der Waals surface area contributed by atoms with Gasteiger partial charge < -0.3 is 14.8 Å². The van der Waals surface area contributed by atoms with E-state index in [1.54, 1.807) is 25.3 Å². The fourth-order valence-corrected chi connectivity index (χ4v) is 2.45. The number of rotatable bonds is 6. The van der Waals surface area contributed by atoms with Gasteiger partial charge in [-0.05, 0) is 31.2 Å². The highest BCUT2D eigenvalue weighted by atomic mass is 32.2. The van der Waals surface area contributed by atoms with Gasteiger partial charge in [-0.25, -0.2) is 4.98 Å². The van der Waals surface area contributed by atoms with Gasteiger partial charge in [0.1, 0.15) is 11.8 Å². The van der Waals surface area contributed by atoms with E-state index in [9.17, 15) is 9.90 Å². The van der Waals surface area contributed by atoms with E-state index in [-0.39, 0.29) is 17.8 Å². The van der Waals surface area contributed by atoms with Crippen LogP contribution in [0.4, 0.5) is 0 Å². The van der Waals surface area contributed by atoms with Gasteiger partial charge in [-0.3, -0.25) is 4.79 Å². The molecule has 0 aliphatic carbocycles. The first kappa shape index (κ1) is 14.6. The number of carbonyl (C=O) groups is 1. The monoisotopic (exact) mass is 292 g/mol. The average Bonchev–Trinajstić information content (AvgIpc) is 2.99. The van der Waals surface area contributed by atoms with Crippen molar-refractivity contribution in [3.8, 4) is 0 Å². The maximum absolute atomic E-state index is 12.1. The first-order valence-corrected chi connectivity index (χ1v) is 7.11. The third-order valence-electron chi connectivity index (χ3n) is 2.69. The molecular formula is C14H16N2O3S. The summed E-state index contributed by atoms with van der Waals surface area (Å²) in [5, 5.41) is 12.6. The van der Waals surface area contributed by atoms with Crippen LogP contribution in [-0.2, 0) is 4.79 Å². The first-order chi connectivity index (χ1) is 9.70. The molecule has 2 rings (SSSR count). The lowest BCUT2D eigenvalue weighted by atomic mass is 10.2. The number of hydrogen-bond acceptors (Lipinski definition) is 5. The number of furan rings is 1. The van der Waals surface area contributed by atoms with Crippen LogP contribution in [0.5, 0.6) is 0 Å². The van der Waals surface area contributed by atoms with Crippen LogP contribution in [0.2, 0.25) is 0 Å². The van der Waals surface area contributed by atoms with E-state index in [1.165, 1.54) is 18.0 Å². The van der Waals surface area contributed by atoms with Crippen molar-refractivity contribution in [2.75, 3.05) is 6.61 Å². The molecule has 2 unspecified atom stereocenters. The molecule has 0 bridgehead atoms. The molecule has 2 heterocycles. The Morgan fingerprint density at radius 1 is 1.45 bits per heavy atom. The fraction of sp³-hybridized carbons (Fsp3) is 0.286. The van der Waals surface area contributed by atoms with Crippen LogP contribution in [0.1, 0.15) is 18.7 Å². The minimum absolute atomic E-state index is 0.170. The summed E-state index contributed by atoms with van der Waals surface area (Å²) in [6, 6.07) is 8.47. The van der Waals surface area contributed by atoms with Gasteiger partial charge in [-0.15, -0.1) is 0 Å². The molecule has 0 aliphatic heterocycles. The molecule has 106 valence electrons. The Bertz CT molecular complexity index is 531. The Kier molecular flexibility index (Phi) is 5.20. The fourth-order valence-electron chi connectivity index (χ4n) is 1.64. The number of aromatic nitrogens is 1. The molecule has 0 saturated carbocycles. The largest absolute Gasteiger partial charge is 0.467 e. The number of pyridine rings is 1. The number of carbonyl (C=O) groups excluding carboxylic acids is 1. The van der Waals surface area contributed by atoms with Gasteiger partial charge in [0.05, 0.1) is 23.1 Å². The molecule has 2 aromatic rings. The van der Waals surface area contributed by atoms with Gasteiger partial charge in [0, 0.05) is 6.20 Å². The standard InChI is InChI=1S/C14H16N2O3S/c1-10(20-13-6-2-3-7-15-13)14(18)16-11(9-17)12-5-4-8-19-12/h2-8,10-11,17H,9H2,1H3,(H,16,18). The number of aliphatic hydroxyl groups excluding tert-OH is 1. The molecule has 2 aromatic heterocycles. The Morgan fingerprint density at radius 3 is 2.90 bits per heavy atom. The number of amides is 1.